The van der Waals surface area contributed by atoms with Crippen LogP contribution in [0.1, 0.15) is 34.6 Å². The maximum atomic E-state index is 5.91. The Balaban J connectivity index is 2.67. The van der Waals surface area contributed by atoms with Crippen LogP contribution in [0.5, 0.6) is 0 Å². The normalized spacial score (nSPS) is 35.2. The first-order chi connectivity index (χ1) is 4.83. The summed E-state index contributed by atoms with van der Waals surface area (Å²) in [4.78, 5) is 0. The monoisotopic (exact) mass is 157 g/mol. The highest BCUT2D eigenvalue weighted by Gasteiger charge is 2.38. The Morgan fingerprint density at radius 3 is 2.18 bits per heavy atom. The molecular weight excluding hydrogens is 138 g/mol. The van der Waals surface area contributed by atoms with Crippen molar-refractivity contribution < 1.29 is 4.74 Å². The van der Waals surface area contributed by atoms with Crippen LogP contribution in [0.15, 0.2) is 0 Å². The maximum absolute atomic E-state index is 5.91. The van der Waals surface area contributed by atoms with E-state index in [2.05, 4.69) is 39.9 Å². The third-order valence-electron chi connectivity index (χ3n) is 2.42. The van der Waals surface area contributed by atoms with Gasteiger partial charge >= 0.3 is 0 Å². The SMILES string of the molecule is CC1NCC(C)(C)OC1(C)C. The minimum Gasteiger partial charge on any atom is -0.367 e. The van der Waals surface area contributed by atoms with Crippen LogP contribution in [0.2, 0.25) is 0 Å². The molecule has 0 aromatic rings. The quantitative estimate of drug-likeness (QED) is 0.576. The molecule has 1 N–H and O–H groups in total. The predicted octanol–water partition coefficient (Wildman–Crippen LogP) is 1.55. The summed E-state index contributed by atoms with van der Waals surface area (Å²) in [5.41, 5.74) is -0.0578. The van der Waals surface area contributed by atoms with Crippen LogP contribution in [0.25, 0.3) is 0 Å². The minimum absolute atomic E-state index is 0.0178. The molecule has 1 saturated heterocycles. The van der Waals surface area contributed by atoms with Crippen LogP contribution >= 0.6 is 0 Å². The summed E-state index contributed by atoms with van der Waals surface area (Å²) >= 11 is 0. The number of ether oxygens (including phenoxy) is 1. The fourth-order valence-electron chi connectivity index (χ4n) is 1.48. The molecule has 0 bridgehead atoms. The first-order valence-corrected chi connectivity index (χ1v) is 4.27. The molecule has 0 aliphatic carbocycles. The maximum Gasteiger partial charge on any atom is 0.0784 e. The molecule has 1 atom stereocenters. The zero-order valence-corrected chi connectivity index (χ0v) is 8.19. The van der Waals surface area contributed by atoms with Crippen molar-refractivity contribution in [2.75, 3.05) is 6.54 Å². The smallest absolute Gasteiger partial charge is 0.0784 e. The van der Waals surface area contributed by atoms with Gasteiger partial charge in [-0.15, -0.1) is 0 Å². The van der Waals surface area contributed by atoms with Crippen LogP contribution in [-0.2, 0) is 4.74 Å². The summed E-state index contributed by atoms with van der Waals surface area (Å²) in [6.45, 7) is 11.6. The van der Waals surface area contributed by atoms with E-state index in [-0.39, 0.29) is 11.2 Å². The average Bonchev–Trinajstić information content (AvgIpc) is 1.77. The van der Waals surface area contributed by atoms with Crippen LogP contribution in [0.3, 0.4) is 0 Å². The van der Waals surface area contributed by atoms with Crippen LogP contribution < -0.4 is 5.32 Å². The average molecular weight is 157 g/mol. The van der Waals surface area contributed by atoms with E-state index in [1.165, 1.54) is 0 Å². The molecule has 1 rings (SSSR count). The fraction of sp³-hybridized carbons (Fsp3) is 1.00. The van der Waals surface area contributed by atoms with Gasteiger partial charge < -0.3 is 10.1 Å². The molecule has 0 saturated carbocycles. The summed E-state index contributed by atoms with van der Waals surface area (Å²) < 4.78 is 5.91. The van der Waals surface area contributed by atoms with Crippen LogP contribution in [0.4, 0.5) is 0 Å². The van der Waals surface area contributed by atoms with Crippen LogP contribution in [-0.4, -0.2) is 23.8 Å². The lowest BCUT2D eigenvalue weighted by atomic mass is 9.94. The van der Waals surface area contributed by atoms with Gasteiger partial charge in [0, 0.05) is 12.6 Å². The Hall–Kier alpha value is -0.0800. The van der Waals surface area contributed by atoms with E-state index in [1.807, 2.05) is 0 Å². The third-order valence-corrected chi connectivity index (χ3v) is 2.42. The molecule has 0 radical (unpaired) electrons. The molecule has 0 spiro atoms. The van der Waals surface area contributed by atoms with Gasteiger partial charge in [-0.1, -0.05) is 0 Å². The first kappa shape index (κ1) is 9.01. The molecule has 1 unspecified atom stereocenters. The Kier molecular flexibility index (Phi) is 2.01. The standard InChI is InChI=1S/C9H19NO/c1-7-9(4,5)11-8(2,3)6-10-7/h7,10H,6H2,1-5H3. The van der Waals surface area contributed by atoms with Crippen molar-refractivity contribution in [3.05, 3.63) is 0 Å². The lowest BCUT2D eigenvalue weighted by molar-refractivity contribution is -0.162. The second kappa shape index (κ2) is 2.46. The zero-order valence-electron chi connectivity index (χ0n) is 8.19. The molecule has 1 aliphatic heterocycles. The Labute approximate surface area is 69.3 Å². The third kappa shape index (κ3) is 1.94. The molecular formula is C9H19NO. The predicted molar refractivity (Wildman–Crippen MR) is 46.7 cm³/mol. The minimum atomic E-state index is -0.0399. The summed E-state index contributed by atoms with van der Waals surface area (Å²) in [6.07, 6.45) is 0. The van der Waals surface area contributed by atoms with E-state index in [9.17, 15) is 0 Å². The fourth-order valence-corrected chi connectivity index (χ4v) is 1.48. The van der Waals surface area contributed by atoms with Crippen LogP contribution in [0, 0.1) is 0 Å². The Morgan fingerprint density at radius 1 is 1.27 bits per heavy atom. The molecule has 1 heterocycles. The lowest BCUT2D eigenvalue weighted by Gasteiger charge is -2.46. The van der Waals surface area contributed by atoms with Crippen molar-refractivity contribution in [2.45, 2.75) is 51.9 Å². The van der Waals surface area contributed by atoms with Gasteiger partial charge in [-0.3, -0.25) is 0 Å². The van der Waals surface area contributed by atoms with E-state index in [0.29, 0.717) is 6.04 Å². The van der Waals surface area contributed by atoms with Crippen molar-refractivity contribution in [1.82, 2.24) is 5.32 Å². The molecule has 66 valence electrons. The number of hydrogen-bond donors (Lipinski definition) is 1. The van der Waals surface area contributed by atoms with Gasteiger partial charge in [0.15, 0.2) is 0 Å². The van der Waals surface area contributed by atoms with Crippen molar-refractivity contribution in [3.8, 4) is 0 Å². The lowest BCUT2D eigenvalue weighted by Crippen LogP contribution is -2.60. The summed E-state index contributed by atoms with van der Waals surface area (Å²) in [6, 6.07) is 0.440. The van der Waals surface area contributed by atoms with Gasteiger partial charge in [-0.05, 0) is 34.6 Å². The summed E-state index contributed by atoms with van der Waals surface area (Å²) in [7, 11) is 0. The number of morpholine rings is 1. The van der Waals surface area contributed by atoms with E-state index in [0.717, 1.165) is 6.54 Å². The Bertz CT molecular complexity index is 152. The molecule has 1 aliphatic rings. The highest BCUT2D eigenvalue weighted by molar-refractivity contribution is 4.92. The van der Waals surface area contributed by atoms with Gasteiger partial charge in [0.1, 0.15) is 0 Å². The Morgan fingerprint density at radius 2 is 1.82 bits per heavy atom. The summed E-state index contributed by atoms with van der Waals surface area (Å²) in [5.74, 6) is 0. The molecule has 0 aromatic carbocycles. The van der Waals surface area contributed by atoms with E-state index < -0.39 is 0 Å². The number of hydrogen-bond acceptors (Lipinski definition) is 2. The van der Waals surface area contributed by atoms with Crippen molar-refractivity contribution >= 4 is 0 Å². The number of rotatable bonds is 0. The van der Waals surface area contributed by atoms with Crippen molar-refractivity contribution in [3.63, 3.8) is 0 Å². The van der Waals surface area contributed by atoms with Crippen molar-refractivity contribution in [2.24, 2.45) is 0 Å². The van der Waals surface area contributed by atoms with Gasteiger partial charge in [0.2, 0.25) is 0 Å². The molecule has 2 nitrogen and oxygen atoms in total. The summed E-state index contributed by atoms with van der Waals surface area (Å²) in [5, 5.41) is 3.44. The molecule has 0 aromatic heterocycles. The van der Waals surface area contributed by atoms with Gasteiger partial charge in [-0.25, -0.2) is 0 Å². The first-order valence-electron chi connectivity index (χ1n) is 4.27. The van der Waals surface area contributed by atoms with Gasteiger partial charge in [0.05, 0.1) is 11.2 Å². The highest BCUT2D eigenvalue weighted by atomic mass is 16.5. The molecule has 1 fully saturated rings. The van der Waals surface area contributed by atoms with Gasteiger partial charge in [-0.2, -0.15) is 0 Å². The largest absolute Gasteiger partial charge is 0.367 e. The topological polar surface area (TPSA) is 21.3 Å². The van der Waals surface area contributed by atoms with Crippen molar-refractivity contribution in [1.29, 1.82) is 0 Å². The molecule has 11 heavy (non-hydrogen) atoms. The zero-order chi connectivity index (χ0) is 8.70. The molecule has 2 heteroatoms. The van der Waals surface area contributed by atoms with E-state index >= 15 is 0 Å². The van der Waals surface area contributed by atoms with E-state index in [1.54, 1.807) is 0 Å². The van der Waals surface area contributed by atoms with E-state index in [4.69, 9.17) is 4.74 Å². The molecule has 0 amide bonds. The van der Waals surface area contributed by atoms with Gasteiger partial charge in [0.25, 0.3) is 0 Å². The second-order valence-corrected chi connectivity index (χ2v) is 4.57. The number of nitrogens with one attached hydrogen (secondary N) is 1. The highest BCUT2D eigenvalue weighted by Crippen LogP contribution is 2.27. The second-order valence-electron chi connectivity index (χ2n) is 4.57.